The van der Waals surface area contributed by atoms with Crippen LogP contribution in [-0.2, 0) is 17.9 Å². The number of allylic oxidation sites excluding steroid dienone is 2. The zero-order valence-electron chi connectivity index (χ0n) is 23.6. The number of para-hydroxylation sites is 1. The number of fused-ring (bicyclic) bond motifs is 1. The highest BCUT2D eigenvalue weighted by molar-refractivity contribution is 6.04. The molecule has 0 aliphatic heterocycles. The average Bonchev–Trinajstić information content (AvgIpc) is 3.49. The molecule has 0 spiro atoms. The Bertz CT molecular complexity index is 1840. The van der Waals surface area contributed by atoms with Crippen LogP contribution in [0.3, 0.4) is 0 Å². The monoisotopic (exact) mass is 579 g/mol. The molecule has 0 amide bonds. The van der Waals surface area contributed by atoms with Gasteiger partial charge < -0.3 is 23.4 Å². The first kappa shape index (κ1) is 28.9. The maximum absolute atomic E-state index is 12.4. The Labute approximate surface area is 247 Å². The average molecular weight is 580 g/mol. The second-order valence-corrected chi connectivity index (χ2v) is 9.30. The van der Waals surface area contributed by atoms with E-state index in [1.807, 2.05) is 54.6 Å². The van der Waals surface area contributed by atoms with Gasteiger partial charge in [-0.2, -0.15) is 0 Å². The number of nitrogens with zero attached hydrogens (tertiary/aromatic N) is 3. The molecule has 5 rings (SSSR count). The summed E-state index contributed by atoms with van der Waals surface area (Å²) >= 11 is 0. The zero-order chi connectivity index (χ0) is 30.0. The van der Waals surface area contributed by atoms with Crippen LogP contribution in [0, 0.1) is 0 Å². The van der Waals surface area contributed by atoms with Crippen molar-refractivity contribution < 1.29 is 28.2 Å². The summed E-state index contributed by atoms with van der Waals surface area (Å²) in [5.74, 6) is 1.97. The third-order valence-electron chi connectivity index (χ3n) is 6.35. The first-order chi connectivity index (χ1) is 21.0. The molecule has 3 aromatic carbocycles. The summed E-state index contributed by atoms with van der Waals surface area (Å²) in [7, 11) is 3.17. The molecule has 0 aliphatic carbocycles. The number of aromatic nitrogens is 3. The van der Waals surface area contributed by atoms with Gasteiger partial charge >= 0.3 is 5.63 Å². The maximum atomic E-state index is 12.4. The lowest BCUT2D eigenvalue weighted by Gasteiger charge is -2.08. The van der Waals surface area contributed by atoms with Crippen LogP contribution in [0.15, 0.2) is 100 Å². The van der Waals surface area contributed by atoms with Crippen LogP contribution in [0.5, 0.6) is 23.1 Å². The fourth-order valence-electron chi connectivity index (χ4n) is 4.20. The van der Waals surface area contributed by atoms with Gasteiger partial charge in [0.1, 0.15) is 36.0 Å². The third kappa shape index (κ3) is 7.76. The van der Waals surface area contributed by atoms with Crippen molar-refractivity contribution in [1.29, 1.82) is 0 Å². The van der Waals surface area contributed by atoms with Crippen molar-refractivity contribution in [2.45, 2.75) is 13.2 Å². The van der Waals surface area contributed by atoms with Gasteiger partial charge in [0.15, 0.2) is 5.78 Å². The molecule has 0 saturated heterocycles. The van der Waals surface area contributed by atoms with Crippen LogP contribution < -0.4 is 24.6 Å². The molecule has 43 heavy (non-hydrogen) atoms. The number of ether oxygens (including phenoxy) is 4. The van der Waals surface area contributed by atoms with Gasteiger partial charge in [-0.25, -0.2) is 9.48 Å². The van der Waals surface area contributed by atoms with Crippen LogP contribution in [0.1, 0.15) is 16.7 Å². The highest BCUT2D eigenvalue weighted by atomic mass is 16.5. The summed E-state index contributed by atoms with van der Waals surface area (Å²) in [6.45, 7) is 0.901. The van der Waals surface area contributed by atoms with Crippen molar-refractivity contribution in [3.05, 3.63) is 118 Å². The van der Waals surface area contributed by atoms with E-state index in [2.05, 4.69) is 10.3 Å². The smallest absolute Gasteiger partial charge is 0.339 e. The summed E-state index contributed by atoms with van der Waals surface area (Å²) in [4.78, 5) is 24.2. The Morgan fingerprint density at radius 2 is 1.77 bits per heavy atom. The normalized spacial score (nSPS) is 11.3. The summed E-state index contributed by atoms with van der Waals surface area (Å²) in [6.07, 6.45) is 8.10. The molecule has 0 saturated carbocycles. The second-order valence-electron chi connectivity index (χ2n) is 9.30. The third-order valence-corrected chi connectivity index (χ3v) is 6.35. The molecule has 2 heterocycles. The molecule has 2 aromatic heterocycles. The molecule has 0 atom stereocenters. The molecular weight excluding hydrogens is 550 g/mol. The standard InChI is InChI=1S/C33H29N3O7/c1-39-27-7-5-6-23(18-27)11-14-26(37)15-13-25-12-10-24(19-30(25)40-2)22-42-32-21-36(35-34-32)16-17-41-31-20-33(38)43-29-9-4-3-8-28(29)31/h3-15,18-21H,16-17,22H2,1-2H3/b14-11+,15-13+. The number of methoxy groups -OCH3 is 2. The Hall–Kier alpha value is -5.64. The quantitative estimate of drug-likeness (QED) is 0.134. The van der Waals surface area contributed by atoms with Gasteiger partial charge in [0.05, 0.1) is 38.4 Å². The summed E-state index contributed by atoms with van der Waals surface area (Å²) in [5.41, 5.74) is 2.47. The van der Waals surface area contributed by atoms with Crippen molar-refractivity contribution in [2.24, 2.45) is 0 Å². The predicted molar refractivity (Wildman–Crippen MR) is 161 cm³/mol. The van der Waals surface area contributed by atoms with Crippen molar-refractivity contribution >= 4 is 28.9 Å². The lowest BCUT2D eigenvalue weighted by molar-refractivity contribution is -0.110. The molecule has 10 heteroatoms. The lowest BCUT2D eigenvalue weighted by atomic mass is 10.1. The van der Waals surface area contributed by atoms with Gasteiger partial charge in [0.2, 0.25) is 0 Å². The first-order valence-corrected chi connectivity index (χ1v) is 13.4. The molecule has 0 unspecified atom stereocenters. The fraction of sp³-hybridized carbons (Fsp3) is 0.152. The van der Waals surface area contributed by atoms with Crippen LogP contribution in [0.4, 0.5) is 0 Å². The van der Waals surface area contributed by atoms with Crippen LogP contribution in [0.25, 0.3) is 23.1 Å². The van der Waals surface area contributed by atoms with Gasteiger partial charge in [0.25, 0.3) is 5.88 Å². The number of hydrogen-bond donors (Lipinski definition) is 0. The van der Waals surface area contributed by atoms with Crippen LogP contribution in [0.2, 0.25) is 0 Å². The van der Waals surface area contributed by atoms with Crippen molar-refractivity contribution in [1.82, 2.24) is 15.0 Å². The van der Waals surface area contributed by atoms with Crippen molar-refractivity contribution in [2.75, 3.05) is 20.8 Å². The molecule has 0 aliphatic rings. The molecule has 218 valence electrons. The van der Waals surface area contributed by atoms with E-state index >= 15 is 0 Å². The van der Waals surface area contributed by atoms with E-state index < -0.39 is 5.63 Å². The number of carbonyl (C=O) groups excluding carboxylic acids is 1. The first-order valence-electron chi connectivity index (χ1n) is 13.4. The van der Waals surface area contributed by atoms with E-state index in [-0.39, 0.29) is 19.0 Å². The van der Waals surface area contributed by atoms with E-state index in [4.69, 9.17) is 23.4 Å². The molecule has 0 N–H and O–H groups in total. The summed E-state index contributed by atoms with van der Waals surface area (Å²) in [5, 5.41) is 8.85. The maximum Gasteiger partial charge on any atom is 0.339 e. The summed E-state index contributed by atoms with van der Waals surface area (Å²) in [6, 6.07) is 21.6. The Balaban J connectivity index is 1.13. The van der Waals surface area contributed by atoms with Gasteiger partial charge in [-0.3, -0.25) is 4.79 Å². The van der Waals surface area contributed by atoms with E-state index in [9.17, 15) is 9.59 Å². The van der Waals surface area contributed by atoms with Gasteiger partial charge in [-0.15, -0.1) is 0 Å². The van der Waals surface area contributed by atoms with Crippen LogP contribution >= 0.6 is 0 Å². The van der Waals surface area contributed by atoms with E-state index in [0.29, 0.717) is 29.5 Å². The molecular formula is C33H29N3O7. The number of ketones is 1. The number of rotatable bonds is 13. The Morgan fingerprint density at radius 1 is 0.907 bits per heavy atom. The minimum atomic E-state index is -0.475. The van der Waals surface area contributed by atoms with Gasteiger partial charge in [0, 0.05) is 5.56 Å². The molecule has 0 bridgehead atoms. The highest BCUT2D eigenvalue weighted by Gasteiger charge is 2.09. The van der Waals surface area contributed by atoms with Gasteiger partial charge in [-0.05, 0) is 59.7 Å². The Morgan fingerprint density at radius 3 is 2.63 bits per heavy atom. The number of benzene rings is 3. The van der Waals surface area contributed by atoms with E-state index in [0.717, 1.165) is 27.8 Å². The minimum absolute atomic E-state index is 0.159. The summed E-state index contributed by atoms with van der Waals surface area (Å²) < 4.78 is 29.1. The van der Waals surface area contributed by atoms with Crippen molar-refractivity contribution in [3.63, 3.8) is 0 Å². The van der Waals surface area contributed by atoms with Crippen LogP contribution in [-0.4, -0.2) is 41.6 Å². The minimum Gasteiger partial charge on any atom is -0.497 e. The molecule has 0 radical (unpaired) electrons. The highest BCUT2D eigenvalue weighted by Crippen LogP contribution is 2.24. The number of hydrogen-bond acceptors (Lipinski definition) is 9. The lowest BCUT2D eigenvalue weighted by Crippen LogP contribution is -2.10. The molecule has 0 fully saturated rings. The van der Waals surface area contributed by atoms with E-state index in [1.54, 1.807) is 49.4 Å². The fourth-order valence-corrected chi connectivity index (χ4v) is 4.20. The SMILES string of the molecule is COc1cccc(/C=C/C(=O)/C=C/c2ccc(COc3cn(CCOc4cc(=O)oc5ccccc45)nn3)cc2OC)c1. The molecule has 5 aromatic rings. The second kappa shape index (κ2) is 13.8. The van der Waals surface area contributed by atoms with E-state index in [1.165, 1.54) is 18.2 Å². The molecule has 10 nitrogen and oxygen atoms in total. The Kier molecular flexibility index (Phi) is 9.28. The zero-order valence-corrected chi connectivity index (χ0v) is 23.6. The number of carbonyl (C=O) groups is 1. The predicted octanol–water partition coefficient (Wildman–Crippen LogP) is 5.36. The largest absolute Gasteiger partial charge is 0.497 e. The topological polar surface area (TPSA) is 115 Å². The van der Waals surface area contributed by atoms with Gasteiger partial charge in [-0.1, -0.05) is 52.8 Å². The van der Waals surface area contributed by atoms with Crippen molar-refractivity contribution in [3.8, 4) is 23.1 Å².